The molecular formula is C5H9N3O. The normalized spacial score (nSPS) is 13.6. The van der Waals surface area contributed by atoms with E-state index in [-0.39, 0.29) is 0 Å². The lowest BCUT2D eigenvalue weighted by Crippen LogP contribution is -1.91. The van der Waals surface area contributed by atoms with Crippen LogP contribution in [0.2, 0.25) is 0 Å². The molecule has 4 heteroatoms. The molecule has 1 rings (SSSR count). The number of nitrogens with one attached hydrogen (secondary N) is 1. The number of rotatable bonds is 1. The van der Waals surface area contributed by atoms with Crippen molar-refractivity contribution in [2.24, 2.45) is 0 Å². The van der Waals surface area contributed by atoms with Crippen molar-refractivity contribution in [3.63, 3.8) is 0 Å². The van der Waals surface area contributed by atoms with Crippen LogP contribution in [-0.2, 0) is 0 Å². The average Bonchev–Trinajstić information content (AvgIpc) is 2.14. The maximum absolute atomic E-state index is 8.90. The van der Waals surface area contributed by atoms with Gasteiger partial charge in [0.15, 0.2) is 5.95 Å². The van der Waals surface area contributed by atoms with Gasteiger partial charge in [-0.2, -0.15) is 0 Å². The van der Waals surface area contributed by atoms with Gasteiger partial charge in [0.05, 0.1) is 11.8 Å². The summed E-state index contributed by atoms with van der Waals surface area (Å²) in [4.78, 5) is 6.44. The van der Waals surface area contributed by atoms with Crippen LogP contribution in [0.5, 0.6) is 0 Å². The maximum atomic E-state index is 8.90. The van der Waals surface area contributed by atoms with Gasteiger partial charge in [0.25, 0.3) is 0 Å². The minimum absolute atomic E-state index is 0.339. The Bertz CT molecular complexity index is 194. The topological polar surface area (TPSA) is 74.9 Å². The van der Waals surface area contributed by atoms with Crippen LogP contribution in [0.3, 0.4) is 0 Å². The van der Waals surface area contributed by atoms with Gasteiger partial charge in [-0.1, -0.05) is 0 Å². The van der Waals surface area contributed by atoms with Gasteiger partial charge in [0, 0.05) is 6.20 Å². The Morgan fingerprint density at radius 1 is 1.89 bits per heavy atom. The third kappa shape index (κ3) is 1.20. The summed E-state index contributed by atoms with van der Waals surface area (Å²) in [7, 11) is 0. The van der Waals surface area contributed by atoms with Gasteiger partial charge in [-0.25, -0.2) is 4.98 Å². The minimum Gasteiger partial charge on any atom is -0.387 e. The van der Waals surface area contributed by atoms with Crippen molar-refractivity contribution in [1.82, 2.24) is 9.97 Å². The highest BCUT2D eigenvalue weighted by atomic mass is 16.3. The number of hydrogen-bond donors (Lipinski definition) is 3. The quantitative estimate of drug-likeness (QED) is 0.498. The molecule has 0 aromatic carbocycles. The summed E-state index contributed by atoms with van der Waals surface area (Å²) < 4.78 is 0. The highest BCUT2D eigenvalue weighted by molar-refractivity contribution is 5.19. The van der Waals surface area contributed by atoms with Crippen molar-refractivity contribution in [2.45, 2.75) is 13.0 Å². The second-order valence-electron chi connectivity index (χ2n) is 1.89. The molecule has 9 heavy (non-hydrogen) atoms. The molecule has 1 atom stereocenters. The van der Waals surface area contributed by atoms with E-state index in [4.69, 9.17) is 10.8 Å². The third-order valence-electron chi connectivity index (χ3n) is 1.05. The lowest BCUT2D eigenvalue weighted by molar-refractivity contribution is 0.195. The van der Waals surface area contributed by atoms with Gasteiger partial charge in [-0.05, 0) is 6.92 Å². The third-order valence-corrected chi connectivity index (χ3v) is 1.05. The number of nitrogens with zero attached hydrogens (tertiary/aromatic N) is 1. The van der Waals surface area contributed by atoms with Gasteiger partial charge >= 0.3 is 0 Å². The van der Waals surface area contributed by atoms with E-state index in [0.717, 1.165) is 0 Å². The molecule has 0 spiro atoms. The standard InChI is InChI=1S/C5H9N3O/c1-3(9)4-2-7-5(6)8-4/h2-3,9H,1H3,(H3,6,7,8). The number of hydrogen-bond acceptors (Lipinski definition) is 3. The molecule has 50 valence electrons. The first-order chi connectivity index (χ1) is 4.20. The molecule has 1 heterocycles. The van der Waals surface area contributed by atoms with Gasteiger partial charge in [0.2, 0.25) is 0 Å². The first kappa shape index (κ1) is 6.10. The Morgan fingerprint density at radius 2 is 2.56 bits per heavy atom. The highest BCUT2D eigenvalue weighted by Crippen LogP contribution is 2.07. The van der Waals surface area contributed by atoms with Gasteiger partial charge < -0.3 is 15.8 Å². The molecule has 0 amide bonds. The number of aromatic nitrogens is 2. The molecular weight excluding hydrogens is 118 g/mol. The summed E-state index contributed by atoms with van der Waals surface area (Å²) in [6.07, 6.45) is 1.04. The summed E-state index contributed by atoms with van der Waals surface area (Å²) in [5.41, 5.74) is 5.82. The number of aliphatic hydroxyl groups is 1. The van der Waals surface area contributed by atoms with E-state index in [9.17, 15) is 0 Å². The molecule has 0 aliphatic heterocycles. The van der Waals surface area contributed by atoms with E-state index >= 15 is 0 Å². The minimum atomic E-state index is -0.543. The van der Waals surface area contributed by atoms with Crippen molar-refractivity contribution in [1.29, 1.82) is 0 Å². The highest BCUT2D eigenvalue weighted by Gasteiger charge is 2.02. The predicted molar refractivity (Wildman–Crippen MR) is 33.6 cm³/mol. The lowest BCUT2D eigenvalue weighted by Gasteiger charge is -1.94. The predicted octanol–water partition coefficient (Wildman–Crippen LogP) is 0.0452. The summed E-state index contributed by atoms with van der Waals surface area (Å²) in [5, 5.41) is 8.90. The molecule has 1 aromatic heterocycles. The Labute approximate surface area is 52.7 Å². The van der Waals surface area contributed by atoms with Crippen LogP contribution in [0, 0.1) is 0 Å². The second kappa shape index (κ2) is 2.06. The van der Waals surface area contributed by atoms with E-state index in [1.54, 1.807) is 13.1 Å². The van der Waals surface area contributed by atoms with Crippen molar-refractivity contribution in [3.05, 3.63) is 11.9 Å². The summed E-state index contributed by atoms with van der Waals surface area (Å²) in [6, 6.07) is 0. The fourth-order valence-electron chi connectivity index (χ4n) is 0.566. The summed E-state index contributed by atoms with van der Waals surface area (Å²) >= 11 is 0. The van der Waals surface area contributed by atoms with Gasteiger partial charge in [-0.3, -0.25) is 0 Å². The Hall–Kier alpha value is -1.03. The summed E-state index contributed by atoms with van der Waals surface area (Å²) in [6.45, 7) is 1.63. The second-order valence-corrected chi connectivity index (χ2v) is 1.89. The van der Waals surface area contributed by atoms with Crippen LogP contribution >= 0.6 is 0 Å². The van der Waals surface area contributed by atoms with Crippen LogP contribution in [0.1, 0.15) is 18.7 Å². The molecule has 0 aliphatic carbocycles. The Morgan fingerprint density at radius 3 is 2.78 bits per heavy atom. The zero-order valence-corrected chi connectivity index (χ0v) is 5.13. The van der Waals surface area contributed by atoms with E-state index in [1.807, 2.05) is 0 Å². The van der Waals surface area contributed by atoms with Crippen molar-refractivity contribution in [3.8, 4) is 0 Å². The summed E-state index contributed by atoms with van der Waals surface area (Å²) in [5.74, 6) is 0.339. The number of nitrogen functional groups attached to an aromatic ring is 1. The monoisotopic (exact) mass is 127 g/mol. The first-order valence-corrected chi connectivity index (χ1v) is 2.69. The molecule has 0 aliphatic rings. The number of aromatic amines is 1. The molecule has 0 bridgehead atoms. The maximum Gasteiger partial charge on any atom is 0.197 e. The first-order valence-electron chi connectivity index (χ1n) is 2.69. The zero-order valence-electron chi connectivity index (χ0n) is 5.13. The molecule has 0 radical (unpaired) electrons. The van der Waals surface area contributed by atoms with E-state index in [2.05, 4.69) is 9.97 Å². The molecule has 0 saturated carbocycles. The van der Waals surface area contributed by atoms with Gasteiger partial charge in [-0.15, -0.1) is 0 Å². The van der Waals surface area contributed by atoms with Crippen LogP contribution in [0.4, 0.5) is 5.95 Å². The smallest absolute Gasteiger partial charge is 0.197 e. The molecule has 4 nitrogen and oxygen atoms in total. The number of anilines is 1. The Kier molecular flexibility index (Phi) is 1.40. The zero-order chi connectivity index (χ0) is 6.85. The lowest BCUT2D eigenvalue weighted by atomic mass is 10.3. The van der Waals surface area contributed by atoms with Crippen LogP contribution < -0.4 is 5.73 Å². The fraction of sp³-hybridized carbons (Fsp3) is 0.400. The molecule has 4 N–H and O–H groups in total. The fourth-order valence-corrected chi connectivity index (χ4v) is 0.566. The number of aliphatic hydroxyl groups excluding tert-OH is 1. The number of nitrogens with two attached hydrogens (primary N) is 1. The van der Waals surface area contributed by atoms with Crippen molar-refractivity contribution >= 4 is 5.95 Å². The Balaban J connectivity index is 2.85. The van der Waals surface area contributed by atoms with E-state index < -0.39 is 6.10 Å². The van der Waals surface area contributed by atoms with Crippen LogP contribution in [0.15, 0.2) is 6.20 Å². The van der Waals surface area contributed by atoms with Crippen LogP contribution in [-0.4, -0.2) is 15.1 Å². The molecule has 0 fully saturated rings. The molecule has 1 unspecified atom stereocenters. The molecule has 0 saturated heterocycles. The largest absolute Gasteiger partial charge is 0.387 e. The van der Waals surface area contributed by atoms with Gasteiger partial charge in [0.1, 0.15) is 0 Å². The van der Waals surface area contributed by atoms with Crippen molar-refractivity contribution < 1.29 is 5.11 Å². The molecule has 1 aromatic rings. The van der Waals surface area contributed by atoms with E-state index in [0.29, 0.717) is 11.6 Å². The SMILES string of the molecule is CC(O)c1c[nH]c(N)n1. The van der Waals surface area contributed by atoms with Crippen molar-refractivity contribution in [2.75, 3.05) is 5.73 Å². The average molecular weight is 127 g/mol. The number of imidazole rings is 1. The van der Waals surface area contributed by atoms with Crippen LogP contribution in [0.25, 0.3) is 0 Å². The van der Waals surface area contributed by atoms with E-state index in [1.165, 1.54) is 0 Å². The number of H-pyrrole nitrogens is 1.